The molecule has 1 aromatic carbocycles. The van der Waals surface area contributed by atoms with Gasteiger partial charge in [0, 0.05) is 11.1 Å². The molecule has 0 saturated heterocycles. The summed E-state index contributed by atoms with van der Waals surface area (Å²) in [4.78, 5) is 14.0. The summed E-state index contributed by atoms with van der Waals surface area (Å²) in [6.45, 7) is 0. The molecule has 0 aliphatic carbocycles. The minimum atomic E-state index is -0.565. The first kappa shape index (κ1) is 12.4. The summed E-state index contributed by atoms with van der Waals surface area (Å²) in [7, 11) is 0. The Hall–Kier alpha value is -2.67. The number of anilines is 1. The minimum absolute atomic E-state index is 0.0406. The fraction of sp³-hybridized carbons (Fsp3) is 0. The average molecular weight is 293 g/mol. The maximum atomic E-state index is 11.8. The maximum Gasteiger partial charge on any atom is 0.263 e. The lowest BCUT2D eigenvalue weighted by molar-refractivity contribution is 0.453. The zero-order valence-corrected chi connectivity index (χ0v) is 10.7. The topological polar surface area (TPSA) is 117 Å². The first-order valence-corrected chi connectivity index (χ1v) is 5.94. The minimum Gasteiger partial charge on any atom is -0.506 e. The molecule has 20 heavy (non-hydrogen) atoms. The van der Waals surface area contributed by atoms with Crippen LogP contribution < -0.4 is 11.3 Å². The number of pyridine rings is 1. The summed E-state index contributed by atoms with van der Waals surface area (Å²) in [5, 5.41) is 23.8. The third-order valence-electron chi connectivity index (χ3n) is 2.86. The van der Waals surface area contributed by atoms with Gasteiger partial charge in [-0.3, -0.25) is 9.78 Å². The number of nitrogens with zero attached hydrogens (tertiary/aromatic N) is 2. The molecule has 0 unspecified atom stereocenters. The summed E-state index contributed by atoms with van der Waals surface area (Å²) < 4.78 is 1.19. The van der Waals surface area contributed by atoms with Crippen LogP contribution in [0.3, 0.4) is 0 Å². The number of nitrogen functional groups attached to an aromatic ring is 1. The van der Waals surface area contributed by atoms with Gasteiger partial charge >= 0.3 is 0 Å². The van der Waals surface area contributed by atoms with E-state index in [9.17, 15) is 15.0 Å². The molecule has 2 heterocycles. The molecule has 0 aliphatic heterocycles. The van der Waals surface area contributed by atoms with Gasteiger partial charge in [0.15, 0.2) is 5.88 Å². The van der Waals surface area contributed by atoms with Crippen LogP contribution in [-0.4, -0.2) is 25.0 Å². The standard InChI is InChI=1S/C12H9ClN4O3/c13-5-1-2-8(18)7(3-5)17-11(14)10-6(16-17)4-9(19)15-12(10)20/h1-4,18-19H,14H2,(H,15,20). The fourth-order valence-corrected chi connectivity index (χ4v) is 2.14. The number of rotatable bonds is 1. The Kier molecular flexibility index (Phi) is 2.58. The van der Waals surface area contributed by atoms with E-state index in [1.807, 2.05) is 0 Å². The summed E-state index contributed by atoms with van der Waals surface area (Å²) in [6.07, 6.45) is 0. The molecule has 0 fully saturated rings. The third-order valence-corrected chi connectivity index (χ3v) is 3.09. The summed E-state index contributed by atoms with van der Waals surface area (Å²) in [6, 6.07) is 5.64. The first-order chi connectivity index (χ1) is 9.47. The van der Waals surface area contributed by atoms with Crippen LogP contribution in [0.2, 0.25) is 5.02 Å². The number of aromatic amines is 1. The van der Waals surface area contributed by atoms with Crippen molar-refractivity contribution in [2.24, 2.45) is 0 Å². The van der Waals surface area contributed by atoms with Gasteiger partial charge in [-0.2, -0.15) is 5.10 Å². The lowest BCUT2D eigenvalue weighted by Crippen LogP contribution is -2.07. The molecule has 0 amide bonds. The van der Waals surface area contributed by atoms with E-state index in [1.54, 1.807) is 0 Å². The van der Waals surface area contributed by atoms with Gasteiger partial charge in [0.05, 0.1) is 0 Å². The van der Waals surface area contributed by atoms with Gasteiger partial charge < -0.3 is 15.9 Å². The van der Waals surface area contributed by atoms with Gasteiger partial charge in [0.1, 0.15) is 28.2 Å². The second-order valence-electron chi connectivity index (χ2n) is 4.17. The largest absolute Gasteiger partial charge is 0.506 e. The molecule has 7 nitrogen and oxygen atoms in total. The number of nitrogens with two attached hydrogens (primary N) is 1. The Labute approximate surface area is 116 Å². The van der Waals surface area contributed by atoms with Crippen molar-refractivity contribution in [3.05, 3.63) is 39.6 Å². The van der Waals surface area contributed by atoms with Crippen LogP contribution in [0.1, 0.15) is 0 Å². The number of benzene rings is 1. The van der Waals surface area contributed by atoms with Crippen LogP contribution in [0.5, 0.6) is 11.6 Å². The van der Waals surface area contributed by atoms with Crippen molar-refractivity contribution in [1.82, 2.24) is 14.8 Å². The Balaban J connectivity index is 2.38. The number of fused-ring (bicyclic) bond motifs is 1. The normalized spacial score (nSPS) is 11.1. The van der Waals surface area contributed by atoms with Crippen molar-refractivity contribution in [2.75, 3.05) is 5.73 Å². The molecule has 0 spiro atoms. The van der Waals surface area contributed by atoms with E-state index in [0.29, 0.717) is 5.02 Å². The van der Waals surface area contributed by atoms with Crippen molar-refractivity contribution in [3.63, 3.8) is 0 Å². The number of H-pyrrole nitrogens is 1. The molecular formula is C12H9ClN4O3. The van der Waals surface area contributed by atoms with Gasteiger partial charge in [-0.15, -0.1) is 0 Å². The van der Waals surface area contributed by atoms with E-state index < -0.39 is 5.56 Å². The van der Waals surface area contributed by atoms with Gasteiger partial charge in [-0.25, -0.2) is 4.68 Å². The van der Waals surface area contributed by atoms with Crippen molar-refractivity contribution in [3.8, 4) is 17.3 Å². The number of phenolic OH excluding ortho intramolecular Hbond substituents is 1. The molecule has 102 valence electrons. The molecule has 0 saturated carbocycles. The van der Waals surface area contributed by atoms with E-state index in [4.69, 9.17) is 17.3 Å². The van der Waals surface area contributed by atoms with E-state index in [0.717, 1.165) is 0 Å². The van der Waals surface area contributed by atoms with Gasteiger partial charge in [0.25, 0.3) is 5.56 Å². The van der Waals surface area contributed by atoms with E-state index in [1.165, 1.54) is 28.9 Å². The monoisotopic (exact) mass is 292 g/mol. The Morgan fingerprint density at radius 1 is 1.30 bits per heavy atom. The summed E-state index contributed by atoms with van der Waals surface area (Å²) in [5.74, 6) is -0.365. The lowest BCUT2D eigenvalue weighted by atomic mass is 10.3. The SMILES string of the molecule is Nc1c2c(=O)[nH]c(O)cc2nn1-c1cc(Cl)ccc1O. The molecule has 5 N–H and O–H groups in total. The molecule has 2 aromatic heterocycles. The number of halogens is 1. The first-order valence-electron chi connectivity index (χ1n) is 5.57. The van der Waals surface area contributed by atoms with Gasteiger partial charge in [-0.05, 0) is 18.2 Å². The number of hydrogen-bond acceptors (Lipinski definition) is 5. The number of nitrogens with one attached hydrogen (secondary N) is 1. The average Bonchev–Trinajstić information content (AvgIpc) is 2.69. The fourth-order valence-electron chi connectivity index (χ4n) is 1.98. The molecule has 3 aromatic rings. The third kappa shape index (κ3) is 1.76. The van der Waals surface area contributed by atoms with Crippen LogP contribution in [0.25, 0.3) is 16.6 Å². The van der Waals surface area contributed by atoms with Crippen LogP contribution in [0.4, 0.5) is 5.82 Å². The predicted molar refractivity (Wildman–Crippen MR) is 74.4 cm³/mol. The lowest BCUT2D eigenvalue weighted by Gasteiger charge is -2.06. The number of phenols is 1. The number of hydrogen-bond donors (Lipinski definition) is 4. The highest BCUT2D eigenvalue weighted by atomic mass is 35.5. The molecule has 0 atom stereocenters. The van der Waals surface area contributed by atoms with Crippen molar-refractivity contribution < 1.29 is 10.2 Å². The van der Waals surface area contributed by atoms with Gasteiger partial charge in [0.2, 0.25) is 0 Å². The zero-order valence-electron chi connectivity index (χ0n) is 9.96. The smallest absolute Gasteiger partial charge is 0.263 e. The summed E-state index contributed by atoms with van der Waals surface area (Å²) in [5.41, 5.74) is 5.77. The van der Waals surface area contributed by atoms with E-state index >= 15 is 0 Å². The van der Waals surface area contributed by atoms with Crippen LogP contribution >= 0.6 is 11.6 Å². The Morgan fingerprint density at radius 2 is 2.05 bits per heavy atom. The molecular weight excluding hydrogens is 284 g/mol. The van der Waals surface area contributed by atoms with Crippen LogP contribution in [0.15, 0.2) is 29.1 Å². The Morgan fingerprint density at radius 3 is 2.80 bits per heavy atom. The summed E-state index contributed by atoms with van der Waals surface area (Å²) >= 11 is 5.87. The molecule has 0 radical (unpaired) electrons. The molecule has 8 heteroatoms. The maximum absolute atomic E-state index is 11.8. The van der Waals surface area contributed by atoms with E-state index in [-0.39, 0.29) is 34.0 Å². The van der Waals surface area contributed by atoms with Crippen molar-refractivity contribution in [2.45, 2.75) is 0 Å². The zero-order chi connectivity index (χ0) is 14.4. The second-order valence-corrected chi connectivity index (χ2v) is 4.61. The highest BCUT2D eigenvalue weighted by molar-refractivity contribution is 6.30. The van der Waals surface area contributed by atoms with Crippen LogP contribution in [-0.2, 0) is 0 Å². The molecule has 0 aliphatic rings. The highest BCUT2D eigenvalue weighted by Gasteiger charge is 2.16. The van der Waals surface area contributed by atoms with E-state index in [2.05, 4.69) is 10.1 Å². The van der Waals surface area contributed by atoms with Crippen molar-refractivity contribution in [1.29, 1.82) is 0 Å². The van der Waals surface area contributed by atoms with Crippen molar-refractivity contribution >= 4 is 28.3 Å². The Bertz CT molecular complexity index is 884. The predicted octanol–water partition coefficient (Wildman–Crippen LogP) is 1.36. The highest BCUT2D eigenvalue weighted by Crippen LogP contribution is 2.29. The molecule has 3 rings (SSSR count). The van der Waals surface area contributed by atoms with Gasteiger partial charge in [-0.1, -0.05) is 11.6 Å². The number of aromatic nitrogens is 3. The molecule has 0 bridgehead atoms. The number of aromatic hydroxyl groups is 2. The van der Waals surface area contributed by atoms with Crippen LogP contribution in [0, 0.1) is 0 Å². The quantitative estimate of drug-likeness (QED) is 0.540. The second kappa shape index (κ2) is 4.17.